The molecule has 0 fully saturated rings. The van der Waals surface area contributed by atoms with Gasteiger partial charge in [-0.05, 0) is 49.9 Å². The van der Waals surface area contributed by atoms with Gasteiger partial charge >= 0.3 is 0 Å². The van der Waals surface area contributed by atoms with Crippen LogP contribution in [0, 0.1) is 6.92 Å². The van der Waals surface area contributed by atoms with Crippen molar-refractivity contribution < 1.29 is 4.74 Å². The third kappa shape index (κ3) is 3.43. The Kier molecular flexibility index (Phi) is 5.21. The average Bonchev–Trinajstić information content (AvgIpc) is 3.36. The predicted molar refractivity (Wildman–Crippen MR) is 114 cm³/mol. The molecule has 0 saturated heterocycles. The van der Waals surface area contributed by atoms with Gasteiger partial charge in [-0.3, -0.25) is 0 Å². The molecule has 4 rings (SSSR count). The molecular formula is C22H22N4OS. The van der Waals surface area contributed by atoms with E-state index in [0.717, 1.165) is 33.4 Å². The molecule has 0 aliphatic rings. The topological polar surface area (TPSA) is 44.9 Å². The average molecular weight is 391 g/mol. The number of hydrogen-bond donors (Lipinski definition) is 0. The van der Waals surface area contributed by atoms with Gasteiger partial charge in [0.15, 0.2) is 0 Å². The molecule has 4 aromatic rings. The molecule has 0 unspecified atom stereocenters. The van der Waals surface area contributed by atoms with Gasteiger partial charge < -0.3 is 9.30 Å². The molecular weight excluding hydrogens is 368 g/mol. The molecule has 2 aromatic heterocycles. The number of aryl methyl sites for hydroxylation is 1. The van der Waals surface area contributed by atoms with Crippen molar-refractivity contribution in [1.29, 1.82) is 0 Å². The molecule has 0 radical (unpaired) electrons. The summed E-state index contributed by atoms with van der Waals surface area (Å²) in [5, 5.41) is 5.88. The molecule has 2 aromatic carbocycles. The highest BCUT2D eigenvalue weighted by molar-refractivity contribution is 7.98. The molecule has 0 saturated carbocycles. The van der Waals surface area contributed by atoms with Crippen LogP contribution in [0.2, 0.25) is 0 Å². The van der Waals surface area contributed by atoms with Gasteiger partial charge in [-0.1, -0.05) is 24.3 Å². The van der Waals surface area contributed by atoms with E-state index < -0.39 is 0 Å². The summed E-state index contributed by atoms with van der Waals surface area (Å²) in [7, 11) is 0. The number of thioether (sulfide) groups is 1. The van der Waals surface area contributed by atoms with Crippen LogP contribution in [0.25, 0.3) is 22.6 Å². The lowest BCUT2D eigenvalue weighted by Crippen LogP contribution is -2.02. The third-order valence-electron chi connectivity index (χ3n) is 4.45. The van der Waals surface area contributed by atoms with Crippen LogP contribution in [-0.4, -0.2) is 32.2 Å². The molecule has 2 heterocycles. The van der Waals surface area contributed by atoms with Gasteiger partial charge in [0.1, 0.15) is 16.5 Å². The Balaban J connectivity index is 2.01. The monoisotopic (exact) mass is 390 g/mol. The summed E-state index contributed by atoms with van der Waals surface area (Å²) < 4.78 is 9.78. The van der Waals surface area contributed by atoms with Gasteiger partial charge in [-0.25, -0.2) is 9.67 Å². The van der Waals surface area contributed by atoms with Gasteiger partial charge in [0.05, 0.1) is 24.3 Å². The summed E-state index contributed by atoms with van der Waals surface area (Å²) >= 11 is 1.62. The lowest BCUT2D eigenvalue weighted by Gasteiger charge is -2.12. The normalized spacial score (nSPS) is 11.0. The molecule has 0 atom stereocenters. The SMILES string of the molecule is CCOc1cccc(-c2c(-n3ccnc3)c(SC)nn2-c2cccc(C)c2)c1. The van der Waals surface area contributed by atoms with E-state index in [1.165, 1.54) is 5.56 Å². The Hall–Kier alpha value is -2.99. The number of hydrogen-bond acceptors (Lipinski definition) is 4. The molecule has 28 heavy (non-hydrogen) atoms. The van der Waals surface area contributed by atoms with E-state index in [4.69, 9.17) is 9.84 Å². The highest BCUT2D eigenvalue weighted by atomic mass is 32.2. The second-order valence-corrected chi connectivity index (χ2v) is 7.18. The Morgan fingerprint density at radius 2 is 1.96 bits per heavy atom. The number of aromatic nitrogens is 4. The largest absolute Gasteiger partial charge is 0.494 e. The maximum atomic E-state index is 5.74. The first kappa shape index (κ1) is 18.4. The van der Waals surface area contributed by atoms with Gasteiger partial charge in [0, 0.05) is 18.0 Å². The molecule has 6 heteroatoms. The van der Waals surface area contributed by atoms with Gasteiger partial charge in [-0.2, -0.15) is 5.10 Å². The Bertz CT molecular complexity index is 1090. The summed E-state index contributed by atoms with van der Waals surface area (Å²) in [6.45, 7) is 4.71. The van der Waals surface area contributed by atoms with Gasteiger partial charge in [0.25, 0.3) is 0 Å². The number of rotatable bonds is 6. The van der Waals surface area contributed by atoms with Crippen molar-refractivity contribution in [2.75, 3.05) is 12.9 Å². The minimum Gasteiger partial charge on any atom is -0.494 e. The van der Waals surface area contributed by atoms with Crippen molar-refractivity contribution in [3.63, 3.8) is 0 Å². The quantitative estimate of drug-likeness (QED) is 0.427. The van der Waals surface area contributed by atoms with Crippen molar-refractivity contribution in [2.45, 2.75) is 18.9 Å². The zero-order chi connectivity index (χ0) is 19.5. The van der Waals surface area contributed by atoms with Gasteiger partial charge in [0.2, 0.25) is 0 Å². The summed E-state index contributed by atoms with van der Waals surface area (Å²) in [6.07, 6.45) is 7.60. The number of ether oxygens (including phenoxy) is 1. The molecule has 0 aliphatic carbocycles. The van der Waals surface area contributed by atoms with E-state index in [9.17, 15) is 0 Å². The number of benzene rings is 2. The predicted octanol–water partition coefficient (Wildman–Crippen LogP) is 5.15. The van der Waals surface area contributed by atoms with Crippen molar-refractivity contribution >= 4 is 11.8 Å². The lowest BCUT2D eigenvalue weighted by atomic mass is 10.1. The zero-order valence-electron chi connectivity index (χ0n) is 16.2. The van der Waals surface area contributed by atoms with Crippen molar-refractivity contribution in [1.82, 2.24) is 19.3 Å². The van der Waals surface area contributed by atoms with Gasteiger partial charge in [-0.15, -0.1) is 11.8 Å². The standard InChI is InChI=1S/C22H22N4OS/c1-4-27-19-10-6-8-17(14-19)20-21(25-12-11-23-15-25)22(28-3)24-26(20)18-9-5-7-16(2)13-18/h5-15H,4H2,1-3H3. The van der Waals surface area contributed by atoms with E-state index in [0.29, 0.717) is 6.61 Å². The van der Waals surface area contributed by atoms with E-state index in [1.54, 1.807) is 18.0 Å². The van der Waals surface area contributed by atoms with Crippen LogP contribution in [-0.2, 0) is 0 Å². The Morgan fingerprint density at radius 1 is 1.11 bits per heavy atom. The minimum atomic E-state index is 0.630. The summed E-state index contributed by atoms with van der Waals surface area (Å²) in [5.41, 5.74) is 5.29. The van der Waals surface area contributed by atoms with E-state index in [2.05, 4.69) is 48.3 Å². The molecule has 0 bridgehead atoms. The Labute approximate surface area is 169 Å². The van der Waals surface area contributed by atoms with Crippen LogP contribution in [0.4, 0.5) is 0 Å². The molecule has 0 N–H and O–H groups in total. The molecule has 142 valence electrons. The van der Waals surface area contributed by atoms with Crippen molar-refractivity contribution in [3.8, 4) is 28.4 Å². The lowest BCUT2D eigenvalue weighted by molar-refractivity contribution is 0.340. The van der Waals surface area contributed by atoms with E-state index >= 15 is 0 Å². The minimum absolute atomic E-state index is 0.630. The summed E-state index contributed by atoms with van der Waals surface area (Å²) in [4.78, 5) is 4.24. The molecule has 0 amide bonds. The van der Waals surface area contributed by atoms with Crippen molar-refractivity contribution in [3.05, 3.63) is 72.8 Å². The second-order valence-electron chi connectivity index (χ2n) is 6.39. The van der Waals surface area contributed by atoms with Crippen LogP contribution in [0.3, 0.4) is 0 Å². The van der Waals surface area contributed by atoms with E-state index in [-0.39, 0.29) is 0 Å². The highest BCUT2D eigenvalue weighted by Crippen LogP contribution is 2.37. The maximum Gasteiger partial charge on any atom is 0.143 e. The molecule has 0 aliphatic heterocycles. The van der Waals surface area contributed by atoms with Crippen LogP contribution in [0.15, 0.2) is 72.3 Å². The second kappa shape index (κ2) is 7.94. The number of imidazole rings is 1. The summed E-state index contributed by atoms with van der Waals surface area (Å²) in [5.74, 6) is 0.847. The fourth-order valence-corrected chi connectivity index (χ4v) is 3.82. The van der Waals surface area contributed by atoms with Crippen molar-refractivity contribution in [2.24, 2.45) is 0 Å². The maximum absolute atomic E-state index is 5.74. The zero-order valence-corrected chi connectivity index (χ0v) is 17.0. The van der Waals surface area contributed by atoms with Crippen LogP contribution in [0.5, 0.6) is 5.75 Å². The number of nitrogens with zero attached hydrogens (tertiary/aromatic N) is 4. The van der Waals surface area contributed by atoms with Crippen LogP contribution in [0.1, 0.15) is 12.5 Å². The highest BCUT2D eigenvalue weighted by Gasteiger charge is 2.22. The first-order valence-electron chi connectivity index (χ1n) is 9.17. The fourth-order valence-electron chi connectivity index (χ4n) is 3.26. The molecule has 0 spiro atoms. The molecule has 5 nitrogen and oxygen atoms in total. The van der Waals surface area contributed by atoms with Crippen LogP contribution >= 0.6 is 11.8 Å². The summed E-state index contributed by atoms with van der Waals surface area (Å²) in [6, 6.07) is 16.5. The first-order valence-corrected chi connectivity index (χ1v) is 10.4. The fraction of sp³-hybridized carbons (Fsp3) is 0.182. The smallest absolute Gasteiger partial charge is 0.143 e. The first-order chi connectivity index (χ1) is 13.7. The Morgan fingerprint density at radius 3 is 2.68 bits per heavy atom. The van der Waals surface area contributed by atoms with Crippen LogP contribution < -0.4 is 4.74 Å². The third-order valence-corrected chi connectivity index (χ3v) is 5.11. The van der Waals surface area contributed by atoms with E-state index in [1.807, 2.05) is 47.1 Å².